The number of carbonyl (C=O) groups excluding carboxylic acids is 1. The fraction of sp³-hybridized carbons (Fsp3) is 0.231. The van der Waals surface area contributed by atoms with Crippen LogP contribution in [0.25, 0.3) is 0 Å². The number of amides is 1. The van der Waals surface area contributed by atoms with Gasteiger partial charge in [0.05, 0.1) is 5.71 Å². The van der Waals surface area contributed by atoms with Crippen LogP contribution < -0.4 is 5.32 Å². The standard InChI is InChI=1S/C26H19Cl2F3N2O3S/c1-13-6-14(2-3-19(13)25(34)32-18-11-37(35)12-18)22-10-26(36-33-22,15-7-16(27)9-17(28)8-15)20-4-5-21(29)24(31)23(20)30/h2-9,18H,10-12H2,1H3,(H,32,34). The highest BCUT2D eigenvalue weighted by atomic mass is 35.5. The summed E-state index contributed by atoms with van der Waals surface area (Å²) >= 11 is 11.5. The van der Waals surface area contributed by atoms with Gasteiger partial charge in [0.1, 0.15) is 17.5 Å². The molecule has 0 saturated carbocycles. The monoisotopic (exact) mass is 566 g/mol. The summed E-state index contributed by atoms with van der Waals surface area (Å²) in [6.45, 7) is 1.76. The number of aryl methyl sites for hydroxylation is 1. The van der Waals surface area contributed by atoms with Crippen LogP contribution >= 0.6 is 23.2 Å². The highest BCUT2D eigenvalue weighted by Gasteiger charge is 2.46. The number of benzene rings is 3. The fourth-order valence-electron chi connectivity index (χ4n) is 4.51. The first-order chi connectivity index (χ1) is 17.6. The Morgan fingerprint density at radius 2 is 1.78 bits per heavy atom. The van der Waals surface area contributed by atoms with Gasteiger partial charge < -0.3 is 14.7 Å². The van der Waals surface area contributed by atoms with Gasteiger partial charge >= 0.3 is 0 Å². The van der Waals surface area contributed by atoms with E-state index in [1.54, 1.807) is 25.1 Å². The van der Waals surface area contributed by atoms with Crippen molar-refractivity contribution in [1.82, 2.24) is 5.32 Å². The van der Waals surface area contributed by atoms with E-state index in [4.69, 9.17) is 28.0 Å². The summed E-state index contributed by atoms with van der Waals surface area (Å²) in [6, 6.07) is 11.3. The van der Waals surface area contributed by atoms with Crippen LogP contribution in [0.5, 0.6) is 0 Å². The molecule has 2 aliphatic rings. The molecule has 0 aromatic heterocycles. The second-order valence-electron chi connectivity index (χ2n) is 8.99. The van der Waals surface area contributed by atoms with Crippen molar-refractivity contribution in [3.63, 3.8) is 0 Å². The molecule has 5 nitrogen and oxygen atoms in total. The molecule has 0 aliphatic carbocycles. The first-order valence-corrected chi connectivity index (χ1v) is 13.4. The van der Waals surface area contributed by atoms with E-state index in [1.165, 1.54) is 18.2 Å². The van der Waals surface area contributed by atoms with E-state index in [0.717, 1.165) is 12.1 Å². The zero-order valence-corrected chi connectivity index (χ0v) is 21.6. The number of carbonyl (C=O) groups is 1. The Bertz CT molecular complexity index is 1430. The summed E-state index contributed by atoms with van der Waals surface area (Å²) in [5, 5.41) is 7.51. The predicted octanol–water partition coefficient (Wildman–Crippen LogP) is 5.65. The number of hydrogen-bond acceptors (Lipinski definition) is 4. The average molecular weight is 567 g/mol. The number of oxime groups is 1. The topological polar surface area (TPSA) is 73.8 Å². The Labute approximate surface area is 223 Å². The maximum Gasteiger partial charge on any atom is 0.252 e. The molecular formula is C26H19Cl2F3N2O3S. The number of nitrogens with zero attached hydrogens (tertiary/aromatic N) is 1. The molecule has 5 rings (SSSR count). The second-order valence-corrected chi connectivity index (χ2v) is 11.4. The summed E-state index contributed by atoms with van der Waals surface area (Å²) in [5.74, 6) is -3.78. The average Bonchev–Trinajstić information content (AvgIpc) is 3.27. The van der Waals surface area contributed by atoms with Crippen LogP contribution in [0.4, 0.5) is 13.2 Å². The minimum absolute atomic E-state index is 0.0511. The van der Waals surface area contributed by atoms with E-state index in [9.17, 15) is 18.1 Å². The summed E-state index contributed by atoms with van der Waals surface area (Å²) < 4.78 is 54.4. The largest absolute Gasteiger partial charge is 0.616 e. The van der Waals surface area contributed by atoms with Crippen molar-refractivity contribution in [2.75, 3.05) is 11.5 Å². The normalized spacial score (nSPS) is 22.7. The van der Waals surface area contributed by atoms with Gasteiger partial charge in [-0.05, 0) is 71.7 Å². The van der Waals surface area contributed by atoms with Gasteiger partial charge in [-0.25, -0.2) is 13.2 Å². The number of nitrogens with one attached hydrogen (secondary N) is 1. The van der Waals surface area contributed by atoms with E-state index >= 15 is 4.39 Å². The van der Waals surface area contributed by atoms with Gasteiger partial charge in [0, 0.05) is 33.2 Å². The molecule has 11 heteroatoms. The highest BCUT2D eigenvalue weighted by molar-refractivity contribution is 7.92. The molecule has 37 heavy (non-hydrogen) atoms. The van der Waals surface area contributed by atoms with Gasteiger partial charge in [-0.15, -0.1) is 0 Å². The third-order valence-corrected chi connectivity index (χ3v) is 8.43. The Morgan fingerprint density at radius 1 is 1.08 bits per heavy atom. The molecule has 1 unspecified atom stereocenters. The first-order valence-electron chi connectivity index (χ1n) is 11.2. The quantitative estimate of drug-likeness (QED) is 0.320. The first kappa shape index (κ1) is 25.9. The van der Waals surface area contributed by atoms with E-state index in [1.807, 2.05) is 0 Å². The van der Waals surface area contributed by atoms with Crippen molar-refractivity contribution in [3.05, 3.63) is 104 Å². The highest BCUT2D eigenvalue weighted by Crippen LogP contribution is 2.45. The zero-order chi connectivity index (χ0) is 26.5. The Morgan fingerprint density at radius 3 is 2.43 bits per heavy atom. The summed E-state index contributed by atoms with van der Waals surface area (Å²) in [4.78, 5) is 18.4. The molecule has 1 saturated heterocycles. The van der Waals surface area contributed by atoms with Crippen LogP contribution in [0.15, 0.2) is 53.7 Å². The number of halogens is 5. The van der Waals surface area contributed by atoms with Gasteiger partial charge in [0.2, 0.25) is 0 Å². The van der Waals surface area contributed by atoms with Crippen LogP contribution in [0.2, 0.25) is 10.0 Å². The molecule has 1 atom stereocenters. The van der Waals surface area contributed by atoms with E-state index < -0.39 is 34.2 Å². The lowest BCUT2D eigenvalue weighted by molar-refractivity contribution is 0.00792. The summed E-state index contributed by atoms with van der Waals surface area (Å²) in [7, 11) is 0. The molecule has 1 fully saturated rings. The third-order valence-electron chi connectivity index (χ3n) is 6.44. The lowest BCUT2D eigenvalue weighted by Crippen LogP contribution is -2.53. The van der Waals surface area contributed by atoms with Gasteiger partial charge in [-0.3, -0.25) is 4.79 Å². The molecule has 0 bridgehead atoms. The van der Waals surface area contributed by atoms with Crippen LogP contribution in [-0.2, 0) is 21.6 Å². The van der Waals surface area contributed by atoms with E-state index in [0.29, 0.717) is 39.5 Å². The molecular weight excluding hydrogens is 548 g/mol. The SMILES string of the molecule is Cc1cc(C2=NOC(c3cc(Cl)cc(Cl)c3)(c3ccc(F)c(F)c3F)C2)ccc1C(=O)NC1C[S+]([O-])C1. The summed E-state index contributed by atoms with van der Waals surface area (Å²) in [5.41, 5.74) is 0.447. The molecule has 0 radical (unpaired) electrons. The Balaban J connectivity index is 1.49. The second kappa shape index (κ2) is 9.87. The summed E-state index contributed by atoms with van der Waals surface area (Å²) in [6.07, 6.45) is -0.0511. The molecule has 192 valence electrons. The molecule has 1 N–H and O–H groups in total. The van der Waals surface area contributed by atoms with Gasteiger partial charge in [0.15, 0.2) is 23.1 Å². The maximum atomic E-state index is 15.1. The number of rotatable bonds is 5. The van der Waals surface area contributed by atoms with Crippen LogP contribution in [0.1, 0.15) is 39.0 Å². The van der Waals surface area contributed by atoms with Crippen LogP contribution in [-0.4, -0.2) is 33.7 Å². The van der Waals surface area contributed by atoms with Crippen LogP contribution in [0.3, 0.4) is 0 Å². The molecule has 3 aromatic carbocycles. The Kier molecular flexibility index (Phi) is 6.91. The van der Waals surface area contributed by atoms with Gasteiger partial charge in [-0.2, -0.15) is 0 Å². The Hall–Kier alpha value is -2.72. The fourth-order valence-corrected chi connectivity index (χ4v) is 6.00. The number of hydrogen-bond donors (Lipinski definition) is 1. The molecule has 2 aliphatic heterocycles. The lowest BCUT2D eigenvalue weighted by Gasteiger charge is -2.29. The van der Waals surface area contributed by atoms with E-state index in [-0.39, 0.29) is 34.0 Å². The van der Waals surface area contributed by atoms with Crippen molar-refractivity contribution < 1.29 is 27.4 Å². The van der Waals surface area contributed by atoms with Crippen LogP contribution in [0, 0.1) is 24.4 Å². The minimum atomic E-state index is -1.67. The van der Waals surface area contributed by atoms with Crippen molar-refractivity contribution in [1.29, 1.82) is 0 Å². The minimum Gasteiger partial charge on any atom is -0.616 e. The maximum absolute atomic E-state index is 15.1. The predicted molar refractivity (Wildman–Crippen MR) is 136 cm³/mol. The lowest BCUT2D eigenvalue weighted by atomic mass is 9.81. The third kappa shape index (κ3) is 4.81. The van der Waals surface area contributed by atoms with E-state index in [2.05, 4.69) is 10.5 Å². The van der Waals surface area contributed by atoms with Crippen molar-refractivity contribution in [2.45, 2.75) is 25.0 Å². The van der Waals surface area contributed by atoms with Crippen molar-refractivity contribution in [3.8, 4) is 0 Å². The molecule has 2 heterocycles. The zero-order valence-electron chi connectivity index (χ0n) is 19.3. The van der Waals surface area contributed by atoms with Crippen molar-refractivity contribution in [2.24, 2.45) is 5.16 Å². The van der Waals surface area contributed by atoms with Gasteiger partial charge in [-0.1, -0.05) is 34.4 Å². The molecule has 1 amide bonds. The molecule has 3 aromatic rings. The molecule has 0 spiro atoms. The van der Waals surface area contributed by atoms with Gasteiger partial charge in [0.25, 0.3) is 5.91 Å². The van der Waals surface area contributed by atoms with Crippen molar-refractivity contribution >= 4 is 46.0 Å². The smallest absolute Gasteiger partial charge is 0.252 e.